The lowest BCUT2D eigenvalue weighted by molar-refractivity contribution is 0.0950. The molecule has 0 fully saturated rings. The third kappa shape index (κ3) is 3.36. The first-order chi connectivity index (χ1) is 10.7. The first-order valence-electron chi connectivity index (χ1n) is 7.15. The molecule has 0 radical (unpaired) electrons. The molecule has 2 aromatic rings. The Bertz CT molecular complexity index is 687. The monoisotopic (exact) mass is 301 g/mol. The Morgan fingerprint density at radius 2 is 1.91 bits per heavy atom. The van der Waals surface area contributed by atoms with Gasteiger partial charge in [0.05, 0.1) is 13.2 Å². The lowest BCUT2D eigenvalue weighted by atomic mass is 10.1. The molecule has 0 aliphatic carbocycles. The third-order valence-electron chi connectivity index (χ3n) is 3.35. The van der Waals surface area contributed by atoms with Gasteiger partial charge in [-0.15, -0.1) is 0 Å². The molecule has 1 aliphatic rings. The van der Waals surface area contributed by atoms with Gasteiger partial charge in [-0.3, -0.25) is 4.79 Å². The van der Waals surface area contributed by atoms with Crippen LogP contribution in [-0.2, 0) is 6.54 Å². The fraction of sp³-hybridized carbons (Fsp3) is 0.235. The van der Waals surface area contributed by atoms with Gasteiger partial charge < -0.3 is 14.8 Å². The van der Waals surface area contributed by atoms with E-state index in [-0.39, 0.29) is 5.91 Å². The standard InChI is InChI=1S/C17H16FNO3/c18-14-4-1-3-13(10-14)17(20)19-11-12-5-6-15-16(9-12)22-8-2-7-21-15/h1,3-6,9-10H,2,7-8,11H2,(H,19,20). The van der Waals surface area contributed by atoms with E-state index >= 15 is 0 Å². The molecule has 1 N–H and O–H groups in total. The summed E-state index contributed by atoms with van der Waals surface area (Å²) in [5.74, 6) is 0.669. The van der Waals surface area contributed by atoms with Gasteiger partial charge in [-0.1, -0.05) is 12.1 Å². The lowest BCUT2D eigenvalue weighted by Gasteiger charge is -2.10. The van der Waals surface area contributed by atoms with Crippen LogP contribution in [0.15, 0.2) is 42.5 Å². The zero-order valence-electron chi connectivity index (χ0n) is 12.0. The number of amides is 1. The topological polar surface area (TPSA) is 47.6 Å². The van der Waals surface area contributed by atoms with Crippen LogP contribution in [0.1, 0.15) is 22.3 Å². The second-order valence-corrected chi connectivity index (χ2v) is 5.02. The first-order valence-corrected chi connectivity index (χ1v) is 7.15. The van der Waals surface area contributed by atoms with E-state index in [1.807, 2.05) is 18.2 Å². The minimum absolute atomic E-state index is 0.300. The highest BCUT2D eigenvalue weighted by molar-refractivity contribution is 5.94. The summed E-state index contributed by atoms with van der Waals surface area (Å²) >= 11 is 0. The Kier molecular flexibility index (Phi) is 4.23. The molecule has 4 nitrogen and oxygen atoms in total. The van der Waals surface area contributed by atoms with Crippen LogP contribution < -0.4 is 14.8 Å². The van der Waals surface area contributed by atoms with Gasteiger partial charge in [-0.05, 0) is 35.9 Å². The molecule has 0 saturated heterocycles. The fourth-order valence-electron chi connectivity index (χ4n) is 2.23. The van der Waals surface area contributed by atoms with Gasteiger partial charge in [0.2, 0.25) is 0 Å². The van der Waals surface area contributed by atoms with Crippen molar-refractivity contribution in [3.05, 3.63) is 59.4 Å². The summed E-state index contributed by atoms with van der Waals surface area (Å²) in [5.41, 5.74) is 1.20. The van der Waals surface area contributed by atoms with Gasteiger partial charge in [-0.2, -0.15) is 0 Å². The van der Waals surface area contributed by atoms with Crippen molar-refractivity contribution in [1.82, 2.24) is 5.32 Å². The van der Waals surface area contributed by atoms with E-state index in [2.05, 4.69) is 5.32 Å². The number of fused-ring (bicyclic) bond motifs is 1. The number of carbonyl (C=O) groups is 1. The number of halogens is 1. The number of nitrogens with one attached hydrogen (secondary N) is 1. The maximum absolute atomic E-state index is 13.1. The average molecular weight is 301 g/mol. The van der Waals surface area contributed by atoms with Crippen molar-refractivity contribution in [2.45, 2.75) is 13.0 Å². The zero-order valence-corrected chi connectivity index (χ0v) is 12.0. The summed E-state index contributed by atoms with van der Waals surface area (Å²) in [5, 5.41) is 2.76. The zero-order chi connectivity index (χ0) is 15.4. The van der Waals surface area contributed by atoms with Crippen LogP contribution in [0, 0.1) is 5.82 Å². The molecule has 114 valence electrons. The summed E-state index contributed by atoms with van der Waals surface area (Å²) in [7, 11) is 0. The molecule has 0 spiro atoms. The Hall–Kier alpha value is -2.56. The summed E-state index contributed by atoms with van der Waals surface area (Å²) in [6.07, 6.45) is 0.848. The highest BCUT2D eigenvalue weighted by Crippen LogP contribution is 2.30. The van der Waals surface area contributed by atoms with E-state index in [4.69, 9.17) is 9.47 Å². The van der Waals surface area contributed by atoms with Crippen molar-refractivity contribution in [2.75, 3.05) is 13.2 Å². The van der Waals surface area contributed by atoms with Gasteiger partial charge in [-0.25, -0.2) is 4.39 Å². The maximum Gasteiger partial charge on any atom is 0.251 e. The summed E-state index contributed by atoms with van der Waals surface area (Å²) < 4.78 is 24.3. The number of carbonyl (C=O) groups excluding carboxylic acids is 1. The largest absolute Gasteiger partial charge is 0.490 e. The minimum atomic E-state index is -0.428. The van der Waals surface area contributed by atoms with Crippen LogP contribution >= 0.6 is 0 Å². The molecule has 0 unspecified atom stereocenters. The highest BCUT2D eigenvalue weighted by Gasteiger charge is 2.11. The van der Waals surface area contributed by atoms with Crippen LogP contribution in [-0.4, -0.2) is 19.1 Å². The molecule has 1 aliphatic heterocycles. The average Bonchev–Trinajstić information content (AvgIpc) is 2.77. The van der Waals surface area contributed by atoms with E-state index in [0.29, 0.717) is 31.1 Å². The van der Waals surface area contributed by atoms with Gasteiger partial charge in [0.1, 0.15) is 5.82 Å². The van der Waals surface area contributed by atoms with Crippen molar-refractivity contribution in [3.8, 4) is 11.5 Å². The maximum atomic E-state index is 13.1. The third-order valence-corrected chi connectivity index (χ3v) is 3.35. The molecule has 22 heavy (non-hydrogen) atoms. The molecule has 3 rings (SSSR count). The number of rotatable bonds is 3. The molecular formula is C17H16FNO3. The molecule has 1 amide bonds. The summed E-state index contributed by atoms with van der Waals surface area (Å²) in [6, 6.07) is 11.2. The SMILES string of the molecule is O=C(NCc1ccc2c(c1)OCCCO2)c1cccc(F)c1. The lowest BCUT2D eigenvalue weighted by Crippen LogP contribution is -2.22. The number of hydrogen-bond acceptors (Lipinski definition) is 3. The van der Waals surface area contributed by atoms with Gasteiger partial charge in [0.25, 0.3) is 5.91 Å². The molecule has 1 heterocycles. The Morgan fingerprint density at radius 3 is 2.73 bits per heavy atom. The van der Waals surface area contributed by atoms with Crippen molar-refractivity contribution in [1.29, 1.82) is 0 Å². The molecule has 2 aromatic carbocycles. The molecule has 0 aromatic heterocycles. The smallest absolute Gasteiger partial charge is 0.251 e. The van der Waals surface area contributed by atoms with E-state index in [1.54, 1.807) is 6.07 Å². The summed E-state index contributed by atoms with van der Waals surface area (Å²) in [6.45, 7) is 1.60. The highest BCUT2D eigenvalue weighted by atomic mass is 19.1. The predicted octanol–water partition coefficient (Wildman–Crippen LogP) is 2.92. The fourth-order valence-corrected chi connectivity index (χ4v) is 2.23. The summed E-state index contributed by atoms with van der Waals surface area (Å²) in [4.78, 5) is 12.0. The second kappa shape index (κ2) is 6.47. The van der Waals surface area contributed by atoms with Crippen LogP contribution in [0.5, 0.6) is 11.5 Å². The van der Waals surface area contributed by atoms with Crippen molar-refractivity contribution in [2.24, 2.45) is 0 Å². The van der Waals surface area contributed by atoms with Gasteiger partial charge in [0, 0.05) is 18.5 Å². The Labute approximate surface area is 127 Å². The van der Waals surface area contributed by atoms with E-state index < -0.39 is 5.82 Å². The molecule has 0 bridgehead atoms. The normalized spacial score (nSPS) is 13.3. The quantitative estimate of drug-likeness (QED) is 0.948. The Morgan fingerprint density at radius 1 is 1.09 bits per heavy atom. The van der Waals surface area contributed by atoms with Crippen LogP contribution in [0.2, 0.25) is 0 Å². The van der Waals surface area contributed by atoms with Crippen molar-refractivity contribution >= 4 is 5.91 Å². The van der Waals surface area contributed by atoms with E-state index in [1.165, 1.54) is 18.2 Å². The molecular weight excluding hydrogens is 285 g/mol. The number of benzene rings is 2. The predicted molar refractivity (Wildman–Crippen MR) is 79.6 cm³/mol. The van der Waals surface area contributed by atoms with Crippen molar-refractivity contribution in [3.63, 3.8) is 0 Å². The molecule has 0 saturated carbocycles. The minimum Gasteiger partial charge on any atom is -0.490 e. The van der Waals surface area contributed by atoms with Crippen LogP contribution in [0.4, 0.5) is 4.39 Å². The van der Waals surface area contributed by atoms with Crippen LogP contribution in [0.25, 0.3) is 0 Å². The van der Waals surface area contributed by atoms with E-state index in [0.717, 1.165) is 17.7 Å². The van der Waals surface area contributed by atoms with E-state index in [9.17, 15) is 9.18 Å². The van der Waals surface area contributed by atoms with Crippen LogP contribution in [0.3, 0.4) is 0 Å². The molecule has 5 heteroatoms. The number of hydrogen-bond donors (Lipinski definition) is 1. The first kappa shape index (κ1) is 14.4. The number of ether oxygens (including phenoxy) is 2. The second-order valence-electron chi connectivity index (χ2n) is 5.02. The van der Waals surface area contributed by atoms with Gasteiger partial charge in [0.15, 0.2) is 11.5 Å². The molecule has 0 atom stereocenters. The Balaban J connectivity index is 1.66. The van der Waals surface area contributed by atoms with Gasteiger partial charge >= 0.3 is 0 Å². The van der Waals surface area contributed by atoms with Crippen molar-refractivity contribution < 1.29 is 18.7 Å².